The molecule has 6 nitrogen and oxygen atoms in total. The molecule has 0 radical (unpaired) electrons. The van der Waals surface area contributed by atoms with Crippen LogP contribution in [-0.4, -0.2) is 25.0 Å². The summed E-state index contributed by atoms with van der Waals surface area (Å²) in [4.78, 5) is 8.59. The Hall–Kier alpha value is -3.29. The molecule has 0 N–H and O–H groups in total. The summed E-state index contributed by atoms with van der Waals surface area (Å²) in [6.45, 7) is 8.24. The summed E-state index contributed by atoms with van der Waals surface area (Å²) in [6, 6.07) is 21.8. The molecule has 4 rings (SSSR count). The van der Waals surface area contributed by atoms with Gasteiger partial charge in [0.2, 0.25) is 5.88 Å². The number of benzene rings is 3. The van der Waals surface area contributed by atoms with Gasteiger partial charge in [0, 0.05) is 0 Å². The zero-order chi connectivity index (χ0) is 24.3. The second-order valence-corrected chi connectivity index (χ2v) is 10.8. The van der Waals surface area contributed by atoms with Crippen molar-refractivity contribution in [1.29, 1.82) is 0 Å². The van der Waals surface area contributed by atoms with E-state index < -0.39 is 16.2 Å². The average molecular weight is 477 g/mol. The van der Waals surface area contributed by atoms with Gasteiger partial charge in [-0.3, -0.25) is 4.18 Å². The Balaban J connectivity index is 1.65. The van der Waals surface area contributed by atoms with E-state index in [0.717, 1.165) is 22.0 Å². The smallest absolute Gasteiger partial charge is 0.297 e. The van der Waals surface area contributed by atoms with E-state index in [1.165, 1.54) is 6.33 Å². The lowest BCUT2D eigenvalue weighted by Crippen LogP contribution is -2.19. The topological polar surface area (TPSA) is 78.4 Å². The molecule has 0 aliphatic heterocycles. The fourth-order valence-corrected chi connectivity index (χ4v) is 4.59. The van der Waals surface area contributed by atoms with E-state index in [4.69, 9.17) is 8.92 Å². The van der Waals surface area contributed by atoms with Gasteiger partial charge in [0.1, 0.15) is 19.0 Å². The van der Waals surface area contributed by atoms with Crippen molar-refractivity contribution in [1.82, 2.24) is 9.97 Å². The number of nitrogens with zero attached hydrogens (tertiary/aromatic N) is 2. The van der Waals surface area contributed by atoms with Crippen LogP contribution in [0.5, 0.6) is 5.88 Å². The number of fused-ring (bicyclic) bond motifs is 1. The average Bonchev–Trinajstić information content (AvgIpc) is 2.81. The summed E-state index contributed by atoms with van der Waals surface area (Å²) in [6.07, 6.45) is 0.559. The summed E-state index contributed by atoms with van der Waals surface area (Å²) in [5.41, 5.74) is 3.51. The van der Waals surface area contributed by atoms with E-state index in [1.807, 2.05) is 55.5 Å². The van der Waals surface area contributed by atoms with Crippen LogP contribution in [0, 0.1) is 6.92 Å². The summed E-state index contributed by atoms with van der Waals surface area (Å²) in [7, 11) is -4.02. The lowest BCUT2D eigenvalue weighted by Gasteiger charge is -2.22. The first-order valence-corrected chi connectivity index (χ1v) is 12.5. The molecule has 0 amide bonds. The van der Waals surface area contributed by atoms with Crippen LogP contribution in [0.4, 0.5) is 0 Å². The second-order valence-electron chi connectivity index (χ2n) is 9.23. The number of ether oxygens (including phenoxy) is 1. The molecule has 0 saturated carbocycles. The molecule has 4 aromatic rings. The molecule has 0 spiro atoms. The molecule has 1 heterocycles. The minimum atomic E-state index is -4.02. The lowest BCUT2D eigenvalue weighted by molar-refractivity contribution is 0.133. The number of hydrogen-bond donors (Lipinski definition) is 0. The Morgan fingerprint density at radius 1 is 0.882 bits per heavy atom. The quantitative estimate of drug-likeness (QED) is 0.316. The highest BCUT2D eigenvalue weighted by Gasteiger charge is 2.25. The first kappa shape index (κ1) is 23.9. The molecular formula is C27H28N2O4S. The normalized spacial score (nSPS) is 13.1. The van der Waals surface area contributed by atoms with Gasteiger partial charge in [-0.1, -0.05) is 74.9 Å². The first-order valence-electron chi connectivity index (χ1n) is 11.1. The molecule has 0 fully saturated rings. The molecule has 0 aliphatic carbocycles. The Morgan fingerprint density at radius 2 is 1.56 bits per heavy atom. The van der Waals surface area contributed by atoms with Crippen molar-refractivity contribution in [3.8, 4) is 5.88 Å². The highest BCUT2D eigenvalue weighted by atomic mass is 32.2. The van der Waals surface area contributed by atoms with Gasteiger partial charge < -0.3 is 4.74 Å². The van der Waals surface area contributed by atoms with E-state index in [1.54, 1.807) is 24.3 Å². The first-order chi connectivity index (χ1) is 16.1. The van der Waals surface area contributed by atoms with E-state index in [9.17, 15) is 8.42 Å². The molecule has 0 saturated heterocycles. The summed E-state index contributed by atoms with van der Waals surface area (Å²) < 4.78 is 37.9. The van der Waals surface area contributed by atoms with Crippen LogP contribution in [0.2, 0.25) is 0 Å². The van der Waals surface area contributed by atoms with Gasteiger partial charge in [-0.25, -0.2) is 9.97 Å². The van der Waals surface area contributed by atoms with Crippen LogP contribution in [0.15, 0.2) is 84.0 Å². The van der Waals surface area contributed by atoms with Gasteiger partial charge in [0.05, 0.1) is 15.8 Å². The third-order valence-corrected chi connectivity index (χ3v) is 6.91. The number of hydrogen-bond acceptors (Lipinski definition) is 6. The van der Waals surface area contributed by atoms with Crippen molar-refractivity contribution in [3.05, 3.63) is 95.8 Å². The van der Waals surface area contributed by atoms with Crippen molar-refractivity contribution in [2.45, 2.75) is 44.1 Å². The van der Waals surface area contributed by atoms with Crippen molar-refractivity contribution in [3.63, 3.8) is 0 Å². The van der Waals surface area contributed by atoms with Gasteiger partial charge in [0.15, 0.2) is 0 Å². The highest BCUT2D eigenvalue weighted by Crippen LogP contribution is 2.29. The lowest BCUT2D eigenvalue weighted by atomic mass is 9.86. The Labute approximate surface area is 200 Å². The van der Waals surface area contributed by atoms with Crippen molar-refractivity contribution < 1.29 is 17.3 Å². The van der Waals surface area contributed by atoms with E-state index >= 15 is 0 Å². The Kier molecular flexibility index (Phi) is 6.68. The molecule has 0 bridgehead atoms. The predicted octanol–water partition coefficient (Wildman–Crippen LogP) is 5.76. The van der Waals surface area contributed by atoms with Crippen LogP contribution < -0.4 is 4.74 Å². The maximum atomic E-state index is 13.1. The van der Waals surface area contributed by atoms with Gasteiger partial charge in [-0.2, -0.15) is 8.42 Å². The largest absolute Gasteiger partial charge is 0.474 e. The number of aromatic nitrogens is 2. The van der Waals surface area contributed by atoms with Gasteiger partial charge >= 0.3 is 0 Å². The molecule has 1 unspecified atom stereocenters. The van der Waals surface area contributed by atoms with E-state index in [2.05, 4.69) is 30.7 Å². The van der Waals surface area contributed by atoms with E-state index in [-0.39, 0.29) is 16.9 Å². The van der Waals surface area contributed by atoms with Gasteiger partial charge in [-0.15, -0.1) is 0 Å². The SMILES string of the molecule is Cc1ccc(S(=O)(=O)OC(COc2ncnc3ccccc23)c2ccc(C(C)(C)C)cc2)cc1. The monoisotopic (exact) mass is 476 g/mol. The minimum absolute atomic E-state index is 0.0285. The molecule has 3 aromatic carbocycles. The molecule has 0 aliphatic rings. The predicted molar refractivity (Wildman–Crippen MR) is 132 cm³/mol. The molecule has 7 heteroatoms. The molecule has 1 atom stereocenters. The third-order valence-electron chi connectivity index (χ3n) is 5.58. The number of rotatable bonds is 7. The number of para-hydroxylation sites is 1. The zero-order valence-electron chi connectivity index (χ0n) is 19.7. The maximum absolute atomic E-state index is 13.1. The van der Waals surface area contributed by atoms with Crippen LogP contribution in [0.25, 0.3) is 10.9 Å². The van der Waals surface area contributed by atoms with Crippen LogP contribution in [-0.2, 0) is 19.7 Å². The third kappa shape index (κ3) is 5.43. The maximum Gasteiger partial charge on any atom is 0.297 e. The molecule has 1 aromatic heterocycles. The van der Waals surface area contributed by atoms with Gasteiger partial charge in [-0.05, 0) is 47.7 Å². The number of aryl methyl sites for hydroxylation is 1. The van der Waals surface area contributed by atoms with Crippen LogP contribution in [0.3, 0.4) is 0 Å². The Bertz CT molecular complexity index is 1370. The van der Waals surface area contributed by atoms with E-state index in [0.29, 0.717) is 11.4 Å². The summed E-state index contributed by atoms with van der Waals surface area (Å²) in [5.74, 6) is 0.373. The molecule has 34 heavy (non-hydrogen) atoms. The van der Waals surface area contributed by atoms with Crippen LogP contribution >= 0.6 is 0 Å². The Morgan fingerprint density at radius 3 is 2.24 bits per heavy atom. The van der Waals surface area contributed by atoms with Crippen molar-refractivity contribution in [2.75, 3.05) is 6.61 Å². The summed E-state index contributed by atoms with van der Waals surface area (Å²) in [5, 5.41) is 0.744. The summed E-state index contributed by atoms with van der Waals surface area (Å²) >= 11 is 0. The van der Waals surface area contributed by atoms with Crippen molar-refractivity contribution >= 4 is 21.0 Å². The van der Waals surface area contributed by atoms with Crippen molar-refractivity contribution in [2.24, 2.45) is 0 Å². The molecular weight excluding hydrogens is 448 g/mol. The molecule has 176 valence electrons. The standard InChI is InChI=1S/C27H28N2O4S/c1-19-9-15-22(16-10-19)34(30,31)33-25(20-11-13-21(14-12-20)27(2,3)4)17-32-26-23-7-5-6-8-24(23)28-18-29-26/h5-16,18,25H,17H2,1-4H3. The minimum Gasteiger partial charge on any atom is -0.474 e. The fraction of sp³-hybridized carbons (Fsp3) is 0.259. The van der Waals surface area contributed by atoms with Crippen LogP contribution in [0.1, 0.15) is 43.6 Å². The fourth-order valence-electron chi connectivity index (χ4n) is 3.54. The zero-order valence-corrected chi connectivity index (χ0v) is 20.5. The highest BCUT2D eigenvalue weighted by molar-refractivity contribution is 7.86. The van der Waals surface area contributed by atoms with Gasteiger partial charge in [0.25, 0.3) is 10.1 Å². The second kappa shape index (κ2) is 9.52.